The fourth-order valence-corrected chi connectivity index (χ4v) is 6.64. The molecule has 188 valence electrons. The standard InChI is InChI=1S/C31H39F2NO/c1-4-5-6-20-7-8-22-16-23(10-9-21(22)15-20)24-11-13-26(28(32)17-24)25-12-14-27(29(33)18-25)30-34-31(2,3)19-35-30/h11-14,17-18,20-23H,4-10,15-16,19H2,1-3H3. The van der Waals surface area contributed by atoms with Crippen molar-refractivity contribution in [2.24, 2.45) is 22.7 Å². The minimum absolute atomic E-state index is 0.268. The van der Waals surface area contributed by atoms with E-state index in [4.69, 9.17) is 4.74 Å². The molecule has 0 aromatic heterocycles. The number of halogens is 2. The van der Waals surface area contributed by atoms with Gasteiger partial charge < -0.3 is 4.74 Å². The first-order valence-corrected chi connectivity index (χ1v) is 13.7. The van der Waals surface area contributed by atoms with Crippen molar-refractivity contribution in [1.82, 2.24) is 0 Å². The lowest BCUT2D eigenvalue weighted by atomic mass is 9.63. The Morgan fingerprint density at radius 2 is 1.66 bits per heavy atom. The molecule has 4 atom stereocenters. The lowest BCUT2D eigenvalue weighted by molar-refractivity contribution is 0.113. The summed E-state index contributed by atoms with van der Waals surface area (Å²) < 4.78 is 35.8. The van der Waals surface area contributed by atoms with Crippen LogP contribution < -0.4 is 0 Å². The van der Waals surface area contributed by atoms with Gasteiger partial charge in [-0.2, -0.15) is 0 Å². The quantitative estimate of drug-likeness (QED) is 0.406. The summed E-state index contributed by atoms with van der Waals surface area (Å²) in [5.74, 6) is 2.64. The van der Waals surface area contributed by atoms with Crippen LogP contribution in [-0.2, 0) is 4.74 Å². The van der Waals surface area contributed by atoms with Gasteiger partial charge in [0.25, 0.3) is 0 Å². The minimum Gasteiger partial charge on any atom is -0.475 e. The molecule has 5 rings (SSSR count). The maximum atomic E-state index is 15.3. The van der Waals surface area contributed by atoms with Crippen LogP contribution in [-0.4, -0.2) is 18.0 Å². The zero-order valence-corrected chi connectivity index (χ0v) is 21.5. The molecule has 1 aliphatic heterocycles. The monoisotopic (exact) mass is 479 g/mol. The van der Waals surface area contributed by atoms with Crippen LogP contribution in [0.2, 0.25) is 0 Å². The predicted molar refractivity (Wildman–Crippen MR) is 139 cm³/mol. The van der Waals surface area contributed by atoms with E-state index in [0.717, 1.165) is 29.7 Å². The molecule has 4 unspecified atom stereocenters. The van der Waals surface area contributed by atoms with Gasteiger partial charge >= 0.3 is 0 Å². The molecule has 2 fully saturated rings. The second-order valence-electron chi connectivity index (χ2n) is 11.8. The summed E-state index contributed by atoms with van der Waals surface area (Å²) >= 11 is 0. The fourth-order valence-electron chi connectivity index (χ4n) is 6.64. The summed E-state index contributed by atoms with van der Waals surface area (Å²) in [7, 11) is 0. The molecule has 2 aromatic carbocycles. The van der Waals surface area contributed by atoms with Crippen LogP contribution >= 0.6 is 0 Å². The molecular weight excluding hydrogens is 440 g/mol. The van der Waals surface area contributed by atoms with E-state index in [-0.39, 0.29) is 11.4 Å². The number of aliphatic imine (C=N–C) groups is 1. The highest BCUT2D eigenvalue weighted by atomic mass is 19.1. The molecule has 2 nitrogen and oxygen atoms in total. The number of fused-ring (bicyclic) bond motifs is 1. The van der Waals surface area contributed by atoms with E-state index in [1.54, 1.807) is 18.2 Å². The molecule has 1 heterocycles. The van der Waals surface area contributed by atoms with Crippen LogP contribution in [0.5, 0.6) is 0 Å². The van der Waals surface area contributed by atoms with Gasteiger partial charge in [-0.25, -0.2) is 13.8 Å². The van der Waals surface area contributed by atoms with Crippen LogP contribution in [0.4, 0.5) is 8.78 Å². The average Bonchev–Trinajstić information content (AvgIpc) is 3.21. The molecule has 0 saturated heterocycles. The molecule has 2 aliphatic carbocycles. The van der Waals surface area contributed by atoms with Gasteiger partial charge in [0, 0.05) is 5.56 Å². The number of rotatable bonds is 6. The van der Waals surface area contributed by atoms with Crippen LogP contribution in [0.15, 0.2) is 41.4 Å². The first-order valence-electron chi connectivity index (χ1n) is 13.7. The van der Waals surface area contributed by atoms with E-state index in [1.807, 2.05) is 19.9 Å². The molecule has 3 aliphatic rings. The Balaban J connectivity index is 1.27. The molecule has 35 heavy (non-hydrogen) atoms. The SMILES string of the molecule is CCCCC1CCC2CC(c3ccc(-c4ccc(C5=NC(C)(C)CO5)c(F)c4)c(F)c3)CCC2C1. The number of ether oxygens (including phenoxy) is 1. The third kappa shape index (κ3) is 5.32. The summed E-state index contributed by atoms with van der Waals surface area (Å²) in [6.07, 6.45) is 11.8. The van der Waals surface area contributed by atoms with Gasteiger partial charge in [-0.3, -0.25) is 0 Å². The third-order valence-electron chi connectivity index (χ3n) is 8.63. The van der Waals surface area contributed by atoms with E-state index in [2.05, 4.69) is 18.0 Å². The molecule has 2 saturated carbocycles. The third-order valence-corrected chi connectivity index (χ3v) is 8.63. The van der Waals surface area contributed by atoms with Crippen molar-refractivity contribution in [3.8, 4) is 11.1 Å². The smallest absolute Gasteiger partial charge is 0.219 e. The molecule has 4 heteroatoms. The van der Waals surface area contributed by atoms with Crippen molar-refractivity contribution in [3.63, 3.8) is 0 Å². The maximum absolute atomic E-state index is 15.3. The molecular formula is C31H39F2NO. The first kappa shape index (κ1) is 24.5. The molecule has 0 radical (unpaired) electrons. The molecule has 0 amide bonds. The summed E-state index contributed by atoms with van der Waals surface area (Å²) in [4.78, 5) is 4.46. The summed E-state index contributed by atoms with van der Waals surface area (Å²) in [6.45, 7) is 6.62. The van der Waals surface area contributed by atoms with Crippen molar-refractivity contribution >= 4 is 5.90 Å². The van der Waals surface area contributed by atoms with Crippen molar-refractivity contribution < 1.29 is 13.5 Å². The molecule has 2 aromatic rings. The minimum atomic E-state index is -0.435. The number of benzene rings is 2. The Morgan fingerprint density at radius 3 is 2.37 bits per heavy atom. The Bertz CT molecular complexity index is 1090. The predicted octanol–water partition coefficient (Wildman–Crippen LogP) is 8.68. The lowest BCUT2D eigenvalue weighted by Crippen LogP contribution is -2.30. The van der Waals surface area contributed by atoms with Crippen molar-refractivity contribution in [3.05, 3.63) is 59.2 Å². The highest BCUT2D eigenvalue weighted by molar-refractivity contribution is 5.96. The maximum Gasteiger partial charge on any atom is 0.219 e. The van der Waals surface area contributed by atoms with E-state index >= 15 is 4.39 Å². The van der Waals surface area contributed by atoms with Gasteiger partial charge in [0.1, 0.15) is 18.2 Å². The van der Waals surface area contributed by atoms with Crippen molar-refractivity contribution in [2.45, 2.75) is 90.0 Å². The number of hydrogen-bond donors (Lipinski definition) is 0. The molecule has 0 spiro atoms. The largest absolute Gasteiger partial charge is 0.475 e. The zero-order valence-electron chi connectivity index (χ0n) is 21.5. The normalized spacial score (nSPS) is 27.7. The van der Waals surface area contributed by atoms with Crippen LogP contribution in [0.25, 0.3) is 11.1 Å². The van der Waals surface area contributed by atoms with Gasteiger partial charge in [0.2, 0.25) is 5.90 Å². The Hall–Kier alpha value is -2.23. The van der Waals surface area contributed by atoms with Gasteiger partial charge in [0.15, 0.2) is 0 Å². The van der Waals surface area contributed by atoms with Gasteiger partial charge in [-0.05, 0) is 98.9 Å². The molecule has 0 bridgehead atoms. The highest BCUT2D eigenvalue weighted by Gasteiger charge is 2.36. The zero-order chi connectivity index (χ0) is 24.6. The Kier molecular flexibility index (Phi) is 7.01. The average molecular weight is 480 g/mol. The summed E-state index contributed by atoms with van der Waals surface area (Å²) in [6, 6.07) is 10.4. The number of unbranched alkanes of at least 4 members (excludes halogenated alkanes) is 1. The van der Waals surface area contributed by atoms with Crippen molar-refractivity contribution in [2.75, 3.05) is 6.61 Å². The van der Waals surface area contributed by atoms with Crippen LogP contribution in [0, 0.1) is 29.4 Å². The highest BCUT2D eigenvalue weighted by Crippen LogP contribution is 2.48. The summed E-state index contributed by atoms with van der Waals surface area (Å²) in [5, 5.41) is 0. The number of nitrogens with zero attached hydrogens (tertiary/aromatic N) is 1. The second kappa shape index (κ2) is 10.0. The topological polar surface area (TPSA) is 21.6 Å². The molecule has 0 N–H and O–H groups in total. The van der Waals surface area contributed by atoms with E-state index in [1.165, 1.54) is 57.4 Å². The van der Waals surface area contributed by atoms with E-state index < -0.39 is 5.82 Å². The van der Waals surface area contributed by atoms with Gasteiger partial charge in [0.05, 0.1) is 11.1 Å². The van der Waals surface area contributed by atoms with Crippen LogP contribution in [0.1, 0.15) is 95.6 Å². The fraction of sp³-hybridized carbons (Fsp3) is 0.581. The van der Waals surface area contributed by atoms with Gasteiger partial charge in [-0.1, -0.05) is 50.8 Å². The lowest BCUT2D eigenvalue weighted by Gasteiger charge is -2.42. The second-order valence-corrected chi connectivity index (χ2v) is 11.8. The van der Waals surface area contributed by atoms with E-state index in [0.29, 0.717) is 35.1 Å². The van der Waals surface area contributed by atoms with Gasteiger partial charge in [-0.15, -0.1) is 0 Å². The first-order chi connectivity index (χ1) is 16.8. The van der Waals surface area contributed by atoms with E-state index in [9.17, 15) is 4.39 Å². The number of hydrogen-bond acceptors (Lipinski definition) is 2. The Morgan fingerprint density at radius 1 is 0.914 bits per heavy atom. The Labute approximate surface area is 209 Å². The van der Waals surface area contributed by atoms with Crippen LogP contribution in [0.3, 0.4) is 0 Å². The summed E-state index contributed by atoms with van der Waals surface area (Å²) in [5.41, 5.74) is 2.07. The van der Waals surface area contributed by atoms with Crippen molar-refractivity contribution in [1.29, 1.82) is 0 Å².